The van der Waals surface area contributed by atoms with Gasteiger partial charge in [-0.15, -0.1) is 24.0 Å². The highest BCUT2D eigenvalue weighted by molar-refractivity contribution is 14.0. The van der Waals surface area contributed by atoms with E-state index in [1.165, 1.54) is 24.4 Å². The lowest BCUT2D eigenvalue weighted by atomic mass is 9.89. The van der Waals surface area contributed by atoms with Gasteiger partial charge < -0.3 is 20.3 Å². The number of hydrogen-bond acceptors (Lipinski definition) is 6. The van der Waals surface area contributed by atoms with Crippen LogP contribution in [0.4, 0.5) is 14.7 Å². The fraction of sp³-hybridized carbons (Fsp3) is 0.409. The second-order valence-electron chi connectivity index (χ2n) is 8.39. The van der Waals surface area contributed by atoms with E-state index >= 15 is 0 Å². The zero-order chi connectivity index (χ0) is 23.2. The number of nitrogens with zero attached hydrogens (tertiary/aromatic N) is 5. The molecule has 4 heterocycles. The number of carbonyl (C=O) groups excluding carboxylic acids is 2. The van der Waals surface area contributed by atoms with Crippen molar-refractivity contribution in [2.75, 3.05) is 13.1 Å². The van der Waals surface area contributed by atoms with Crippen LogP contribution in [-0.2, 0) is 9.53 Å². The van der Waals surface area contributed by atoms with Gasteiger partial charge in [-0.2, -0.15) is 0 Å². The molecule has 180 valence electrons. The zero-order valence-corrected chi connectivity index (χ0v) is 20.4. The molecule has 2 amide bonds. The average Bonchev–Trinajstić information content (AvgIpc) is 3.32. The van der Waals surface area contributed by atoms with Crippen LogP contribution in [0.15, 0.2) is 35.5 Å². The van der Waals surface area contributed by atoms with Crippen molar-refractivity contribution in [3.63, 3.8) is 0 Å². The maximum atomic E-state index is 13.8. The number of benzene rings is 1. The van der Waals surface area contributed by atoms with Crippen molar-refractivity contribution in [2.45, 2.75) is 43.6 Å². The molecule has 2 aromatic rings. The summed E-state index contributed by atoms with van der Waals surface area (Å²) in [7, 11) is 0. The van der Waals surface area contributed by atoms with Crippen molar-refractivity contribution in [3.8, 4) is 0 Å². The van der Waals surface area contributed by atoms with Gasteiger partial charge in [0.25, 0.3) is 17.8 Å². The molecule has 3 fully saturated rings. The summed E-state index contributed by atoms with van der Waals surface area (Å²) in [6.07, 6.45) is 3.86. The molecule has 9 nitrogen and oxygen atoms in total. The fourth-order valence-corrected chi connectivity index (χ4v) is 4.97. The van der Waals surface area contributed by atoms with E-state index in [1.54, 1.807) is 9.80 Å². The number of fused-ring (bicyclic) bond motifs is 1. The van der Waals surface area contributed by atoms with Gasteiger partial charge in [-0.25, -0.2) is 23.7 Å². The summed E-state index contributed by atoms with van der Waals surface area (Å²) in [5, 5.41) is 0. The number of aliphatic imine (C=N–C) groups is 1. The summed E-state index contributed by atoms with van der Waals surface area (Å²) in [6, 6.07) is 4.41. The average molecular weight is 584 g/mol. The molecule has 3 aliphatic heterocycles. The van der Waals surface area contributed by atoms with Gasteiger partial charge in [0.2, 0.25) is 0 Å². The molecular formula is C22H23F2IN6O3. The lowest BCUT2D eigenvalue weighted by Crippen LogP contribution is -2.51. The first-order valence-corrected chi connectivity index (χ1v) is 10.7. The number of rotatable bonds is 3. The van der Waals surface area contributed by atoms with Crippen LogP contribution in [-0.4, -0.2) is 62.8 Å². The fourth-order valence-electron chi connectivity index (χ4n) is 4.97. The third-order valence-electron chi connectivity index (χ3n) is 6.50. The number of likely N-dealkylation sites (tertiary alicyclic amines) is 1. The van der Waals surface area contributed by atoms with E-state index in [0.29, 0.717) is 44.3 Å². The van der Waals surface area contributed by atoms with Gasteiger partial charge in [-0.1, -0.05) is 0 Å². The Balaban J connectivity index is 0.00000274. The van der Waals surface area contributed by atoms with Gasteiger partial charge in [0.05, 0.1) is 12.4 Å². The normalized spacial score (nSPS) is 23.4. The number of carbonyl (C=O) groups is 2. The summed E-state index contributed by atoms with van der Waals surface area (Å²) in [5.41, 5.74) is 4.84. The van der Waals surface area contributed by atoms with Crippen LogP contribution in [0.5, 0.6) is 0 Å². The van der Waals surface area contributed by atoms with Crippen molar-refractivity contribution >= 4 is 48.1 Å². The van der Waals surface area contributed by atoms with Crippen molar-refractivity contribution < 1.29 is 23.1 Å². The molecule has 5 rings (SSSR count). The molecular weight excluding hydrogens is 561 g/mol. The van der Waals surface area contributed by atoms with E-state index in [0.717, 1.165) is 12.4 Å². The Morgan fingerprint density at radius 1 is 1.21 bits per heavy atom. The highest BCUT2D eigenvalue weighted by Crippen LogP contribution is 2.47. The number of halogens is 3. The van der Waals surface area contributed by atoms with Gasteiger partial charge >= 0.3 is 0 Å². The van der Waals surface area contributed by atoms with E-state index in [2.05, 4.69) is 15.0 Å². The number of ether oxygens (including phenoxy) is 1. The summed E-state index contributed by atoms with van der Waals surface area (Å²) in [5.74, 6) is -1.74. The first kappa shape index (κ1) is 24.4. The Labute approximate surface area is 211 Å². The molecule has 0 saturated carbocycles. The summed E-state index contributed by atoms with van der Waals surface area (Å²) in [4.78, 5) is 41.4. The molecule has 0 radical (unpaired) electrons. The smallest absolute Gasteiger partial charge is 0.272 e. The third kappa shape index (κ3) is 4.24. The van der Waals surface area contributed by atoms with Gasteiger partial charge in [0.15, 0.2) is 5.60 Å². The Morgan fingerprint density at radius 2 is 1.91 bits per heavy atom. The van der Waals surface area contributed by atoms with Crippen LogP contribution in [0, 0.1) is 11.6 Å². The van der Waals surface area contributed by atoms with Gasteiger partial charge in [0, 0.05) is 38.2 Å². The van der Waals surface area contributed by atoms with E-state index in [-0.39, 0.29) is 47.4 Å². The van der Waals surface area contributed by atoms with Crippen LogP contribution >= 0.6 is 24.0 Å². The van der Waals surface area contributed by atoms with Crippen LogP contribution in [0.1, 0.15) is 47.8 Å². The molecule has 1 aromatic heterocycles. The molecule has 34 heavy (non-hydrogen) atoms. The first-order valence-electron chi connectivity index (χ1n) is 10.7. The van der Waals surface area contributed by atoms with Crippen molar-refractivity contribution in [2.24, 2.45) is 10.7 Å². The Morgan fingerprint density at radius 3 is 2.59 bits per heavy atom. The van der Waals surface area contributed by atoms with Crippen LogP contribution in [0.25, 0.3) is 0 Å². The Bertz CT molecular complexity index is 1120. The maximum Gasteiger partial charge on any atom is 0.272 e. The lowest BCUT2D eigenvalue weighted by Gasteiger charge is -2.37. The summed E-state index contributed by atoms with van der Waals surface area (Å²) >= 11 is 0. The number of nitrogens with two attached hydrogens (primary N) is 1. The van der Waals surface area contributed by atoms with E-state index < -0.39 is 29.5 Å². The molecule has 1 aromatic carbocycles. The van der Waals surface area contributed by atoms with Crippen LogP contribution in [0.2, 0.25) is 0 Å². The van der Waals surface area contributed by atoms with Crippen LogP contribution < -0.4 is 5.73 Å². The number of hydrogen-bond donors (Lipinski definition) is 1. The quantitative estimate of drug-likeness (QED) is 0.337. The third-order valence-corrected chi connectivity index (χ3v) is 6.50. The molecule has 3 aliphatic rings. The van der Waals surface area contributed by atoms with Crippen molar-refractivity contribution in [3.05, 3.63) is 53.4 Å². The second-order valence-corrected chi connectivity index (χ2v) is 8.39. The highest BCUT2D eigenvalue weighted by atomic mass is 127. The maximum absolute atomic E-state index is 13.8. The molecule has 0 aliphatic carbocycles. The lowest BCUT2D eigenvalue weighted by molar-refractivity contribution is -0.142. The topological polar surface area (TPSA) is 114 Å². The molecule has 12 heteroatoms. The van der Waals surface area contributed by atoms with Crippen LogP contribution in [0.3, 0.4) is 0 Å². The number of piperidine rings is 1. The number of amides is 2. The minimum atomic E-state index is -1.04. The van der Waals surface area contributed by atoms with E-state index in [4.69, 9.17) is 10.5 Å². The number of aromatic nitrogens is 2. The zero-order valence-electron chi connectivity index (χ0n) is 18.1. The predicted octanol–water partition coefficient (Wildman–Crippen LogP) is 2.69. The van der Waals surface area contributed by atoms with Gasteiger partial charge in [0.1, 0.15) is 23.6 Å². The van der Waals surface area contributed by atoms with E-state index in [9.17, 15) is 18.4 Å². The molecule has 0 bridgehead atoms. The highest BCUT2D eigenvalue weighted by Gasteiger charge is 2.58. The van der Waals surface area contributed by atoms with Crippen molar-refractivity contribution in [1.82, 2.24) is 19.8 Å². The predicted molar refractivity (Wildman–Crippen MR) is 128 cm³/mol. The molecule has 2 N–H and O–H groups in total. The minimum absolute atomic E-state index is 0. The van der Waals surface area contributed by atoms with Crippen molar-refractivity contribution in [1.29, 1.82) is 0 Å². The minimum Gasteiger partial charge on any atom is -0.390 e. The molecule has 2 unspecified atom stereocenters. The van der Waals surface area contributed by atoms with Gasteiger partial charge in [-0.05, 0) is 36.6 Å². The molecule has 2 atom stereocenters. The monoisotopic (exact) mass is 584 g/mol. The molecule has 1 spiro atoms. The summed E-state index contributed by atoms with van der Waals surface area (Å²) < 4.78 is 33.7. The Kier molecular flexibility index (Phi) is 6.80. The SMILES string of the molecule is I.N/C=N\c1nccc(C(=O)N2CCC3(CC2)OC2CCC(c4cc(F)cc(F)c4)N2C3=O)n1. The standard InChI is InChI=1S/C22H22F2N6O3.HI/c23-14-9-13(10-15(24)11-14)17-1-2-18-30(17)20(32)22(33-18)4-7-29(8-5-22)19(31)16-3-6-26-21(28-16)27-12-25;/h3,6,9-12,17-18H,1-2,4-5,7-8H2,(H2,25,26,27,28);1H. The second kappa shape index (κ2) is 9.49. The van der Waals surface area contributed by atoms with Gasteiger partial charge in [-0.3, -0.25) is 9.59 Å². The molecule has 3 saturated heterocycles. The van der Waals surface area contributed by atoms with E-state index in [1.807, 2.05) is 0 Å². The Hall–Kier alpha value is -2.74. The summed E-state index contributed by atoms with van der Waals surface area (Å²) in [6.45, 7) is 0.619. The largest absolute Gasteiger partial charge is 0.390 e. The first-order chi connectivity index (χ1) is 15.9.